The fraction of sp³-hybridized carbons (Fsp3) is 0. The predicted octanol–water partition coefficient (Wildman–Crippen LogP) is 1.86. The molecule has 2 aromatic heterocycles. The van der Waals surface area contributed by atoms with Gasteiger partial charge in [0.1, 0.15) is 5.65 Å². The molecular formula is C7H6FN3. The summed E-state index contributed by atoms with van der Waals surface area (Å²) in [6.07, 6.45) is 3.19. The molecule has 0 bridgehead atoms. The maximum Gasteiger partial charge on any atom is 0.139 e. The van der Waals surface area contributed by atoms with Gasteiger partial charge < -0.3 is 4.98 Å². The van der Waals surface area contributed by atoms with E-state index < -0.39 is 0 Å². The molecule has 0 aromatic carbocycles. The highest BCUT2D eigenvalue weighted by Crippen LogP contribution is 2.20. The van der Waals surface area contributed by atoms with Gasteiger partial charge in [-0.3, -0.25) is 0 Å². The molecular weight excluding hydrogens is 145 g/mol. The SMILES string of the molecule is FNc1c[nH]c2ncccc12. The highest BCUT2D eigenvalue weighted by molar-refractivity contribution is 5.89. The van der Waals surface area contributed by atoms with Crippen molar-refractivity contribution in [2.75, 3.05) is 5.54 Å². The number of fused-ring (bicyclic) bond motifs is 1. The van der Waals surface area contributed by atoms with Crippen molar-refractivity contribution in [2.24, 2.45) is 0 Å². The highest BCUT2D eigenvalue weighted by atomic mass is 19.2. The van der Waals surface area contributed by atoms with Crippen molar-refractivity contribution < 1.29 is 4.48 Å². The van der Waals surface area contributed by atoms with Crippen LogP contribution in [0, 0.1) is 0 Å². The van der Waals surface area contributed by atoms with Crippen LogP contribution in [0.15, 0.2) is 24.5 Å². The molecule has 11 heavy (non-hydrogen) atoms. The Hall–Kier alpha value is -1.58. The topological polar surface area (TPSA) is 40.7 Å². The molecule has 2 aromatic rings. The van der Waals surface area contributed by atoms with Crippen molar-refractivity contribution in [3.05, 3.63) is 24.5 Å². The number of hydrogen-bond donors (Lipinski definition) is 2. The first-order chi connectivity index (χ1) is 5.42. The molecule has 4 heteroatoms. The van der Waals surface area contributed by atoms with Gasteiger partial charge in [0, 0.05) is 17.8 Å². The second-order valence-corrected chi connectivity index (χ2v) is 2.20. The zero-order valence-electron chi connectivity index (χ0n) is 5.63. The first-order valence-corrected chi connectivity index (χ1v) is 3.20. The second kappa shape index (κ2) is 2.23. The number of anilines is 1. The van der Waals surface area contributed by atoms with E-state index in [0.29, 0.717) is 11.3 Å². The molecule has 0 radical (unpaired) electrons. The number of halogens is 1. The van der Waals surface area contributed by atoms with Gasteiger partial charge in [-0.2, -0.15) is 0 Å². The van der Waals surface area contributed by atoms with Gasteiger partial charge in [0.05, 0.1) is 5.69 Å². The van der Waals surface area contributed by atoms with E-state index in [1.165, 1.54) is 6.20 Å². The van der Waals surface area contributed by atoms with E-state index in [1.807, 2.05) is 0 Å². The Balaban J connectivity index is 2.76. The summed E-state index contributed by atoms with van der Waals surface area (Å²) in [6, 6.07) is 3.55. The molecule has 0 atom stereocenters. The molecule has 0 saturated carbocycles. The Kier molecular flexibility index (Phi) is 1.25. The molecule has 0 amide bonds. The Bertz CT molecular complexity index is 368. The van der Waals surface area contributed by atoms with Crippen LogP contribution in [0.5, 0.6) is 0 Å². The van der Waals surface area contributed by atoms with Crippen LogP contribution in [0.25, 0.3) is 11.0 Å². The minimum absolute atomic E-state index is 0.424. The van der Waals surface area contributed by atoms with E-state index >= 15 is 0 Å². The third-order valence-electron chi connectivity index (χ3n) is 1.55. The zero-order valence-corrected chi connectivity index (χ0v) is 5.63. The van der Waals surface area contributed by atoms with Crippen molar-refractivity contribution in [1.82, 2.24) is 9.97 Å². The van der Waals surface area contributed by atoms with Crippen LogP contribution in [0.4, 0.5) is 10.2 Å². The van der Waals surface area contributed by atoms with Crippen molar-refractivity contribution in [3.8, 4) is 0 Å². The van der Waals surface area contributed by atoms with Crippen molar-refractivity contribution >= 4 is 16.7 Å². The molecule has 0 fully saturated rings. The van der Waals surface area contributed by atoms with Crippen LogP contribution in [0.1, 0.15) is 0 Å². The summed E-state index contributed by atoms with van der Waals surface area (Å²) < 4.78 is 12.0. The minimum atomic E-state index is 0.424. The molecule has 0 spiro atoms. The Morgan fingerprint density at radius 2 is 2.45 bits per heavy atom. The number of aromatic amines is 1. The quantitative estimate of drug-likeness (QED) is 0.611. The summed E-state index contributed by atoms with van der Waals surface area (Å²) in [5.41, 5.74) is 2.69. The van der Waals surface area contributed by atoms with Gasteiger partial charge in [0.15, 0.2) is 0 Å². The molecule has 3 nitrogen and oxygen atoms in total. The van der Waals surface area contributed by atoms with Crippen molar-refractivity contribution in [1.29, 1.82) is 0 Å². The normalized spacial score (nSPS) is 10.3. The average molecular weight is 151 g/mol. The average Bonchev–Trinajstić information content (AvgIpc) is 2.47. The van der Waals surface area contributed by atoms with Crippen LogP contribution in [-0.2, 0) is 0 Å². The Morgan fingerprint density at radius 1 is 1.55 bits per heavy atom. The fourth-order valence-corrected chi connectivity index (χ4v) is 1.03. The van der Waals surface area contributed by atoms with Crippen molar-refractivity contribution in [3.63, 3.8) is 0 Å². The first-order valence-electron chi connectivity index (χ1n) is 3.20. The minimum Gasteiger partial charge on any atom is -0.344 e. The van der Waals surface area contributed by atoms with Crippen LogP contribution in [-0.4, -0.2) is 9.97 Å². The summed E-state index contributed by atoms with van der Waals surface area (Å²) in [6.45, 7) is 0. The number of aromatic nitrogens is 2. The summed E-state index contributed by atoms with van der Waals surface area (Å²) in [7, 11) is 0. The summed E-state index contributed by atoms with van der Waals surface area (Å²) in [4.78, 5) is 6.81. The van der Waals surface area contributed by atoms with E-state index in [-0.39, 0.29) is 0 Å². The number of rotatable bonds is 1. The lowest BCUT2D eigenvalue weighted by Gasteiger charge is -1.89. The monoisotopic (exact) mass is 151 g/mol. The lowest BCUT2D eigenvalue weighted by Crippen LogP contribution is -1.77. The van der Waals surface area contributed by atoms with Gasteiger partial charge >= 0.3 is 0 Å². The molecule has 0 aliphatic heterocycles. The molecule has 0 aliphatic rings. The number of nitrogens with one attached hydrogen (secondary N) is 2. The Labute approximate surface area is 62.2 Å². The maximum atomic E-state index is 12.0. The molecule has 0 saturated heterocycles. The van der Waals surface area contributed by atoms with E-state index in [9.17, 15) is 4.48 Å². The van der Waals surface area contributed by atoms with Gasteiger partial charge in [-0.25, -0.2) is 10.5 Å². The fourth-order valence-electron chi connectivity index (χ4n) is 1.03. The standard InChI is InChI=1S/C7H6FN3/c8-11-6-4-10-7-5(6)2-1-3-9-7/h1-4,11H,(H,9,10). The third-order valence-corrected chi connectivity index (χ3v) is 1.55. The van der Waals surface area contributed by atoms with E-state index in [0.717, 1.165) is 5.39 Å². The highest BCUT2D eigenvalue weighted by Gasteiger charge is 2.00. The second-order valence-electron chi connectivity index (χ2n) is 2.20. The first kappa shape index (κ1) is 6.15. The summed E-state index contributed by atoms with van der Waals surface area (Å²) in [5, 5.41) is 0.759. The van der Waals surface area contributed by atoms with Gasteiger partial charge in [-0.05, 0) is 12.1 Å². The van der Waals surface area contributed by atoms with Gasteiger partial charge in [0.2, 0.25) is 0 Å². The smallest absolute Gasteiger partial charge is 0.139 e. The predicted molar refractivity (Wildman–Crippen MR) is 40.8 cm³/mol. The van der Waals surface area contributed by atoms with Crippen LogP contribution < -0.4 is 5.54 Å². The van der Waals surface area contributed by atoms with E-state index in [1.54, 1.807) is 23.9 Å². The molecule has 0 aliphatic carbocycles. The maximum absolute atomic E-state index is 12.0. The number of H-pyrrole nitrogens is 1. The molecule has 56 valence electrons. The van der Waals surface area contributed by atoms with Gasteiger partial charge in [-0.15, -0.1) is 4.48 Å². The number of nitrogens with zero attached hydrogens (tertiary/aromatic N) is 1. The Morgan fingerprint density at radius 3 is 3.27 bits per heavy atom. The van der Waals surface area contributed by atoms with Crippen LogP contribution >= 0.6 is 0 Å². The van der Waals surface area contributed by atoms with Gasteiger partial charge in [-0.1, -0.05) is 0 Å². The van der Waals surface area contributed by atoms with Crippen LogP contribution in [0.2, 0.25) is 0 Å². The zero-order chi connectivity index (χ0) is 7.68. The molecule has 2 heterocycles. The van der Waals surface area contributed by atoms with Crippen molar-refractivity contribution in [2.45, 2.75) is 0 Å². The molecule has 2 N–H and O–H groups in total. The third kappa shape index (κ3) is 0.832. The molecule has 2 rings (SSSR count). The van der Waals surface area contributed by atoms with Crippen LogP contribution in [0.3, 0.4) is 0 Å². The molecule has 0 unspecified atom stereocenters. The number of hydrogen-bond acceptors (Lipinski definition) is 2. The lowest BCUT2D eigenvalue weighted by molar-refractivity contribution is 0.619. The number of pyridine rings is 1. The summed E-state index contributed by atoms with van der Waals surface area (Å²) in [5.74, 6) is 0. The van der Waals surface area contributed by atoms with E-state index in [2.05, 4.69) is 9.97 Å². The summed E-state index contributed by atoms with van der Waals surface area (Å²) >= 11 is 0. The lowest BCUT2D eigenvalue weighted by atomic mass is 10.3. The van der Waals surface area contributed by atoms with E-state index in [4.69, 9.17) is 0 Å². The van der Waals surface area contributed by atoms with Gasteiger partial charge in [0.25, 0.3) is 0 Å². The largest absolute Gasteiger partial charge is 0.344 e.